The maximum Gasteiger partial charge on any atom is 0.475 e. The summed E-state index contributed by atoms with van der Waals surface area (Å²) in [6.07, 6.45) is 4.58. The quantitative estimate of drug-likeness (QED) is 0.267. The Hall–Kier alpha value is -1.84. The van der Waals surface area contributed by atoms with Gasteiger partial charge in [0.15, 0.2) is 18.6 Å². The highest BCUT2D eigenvalue weighted by Crippen LogP contribution is 2.27. The van der Waals surface area contributed by atoms with Gasteiger partial charge in [-0.15, -0.1) is 24.0 Å². The number of rotatable bonds is 9. The van der Waals surface area contributed by atoms with E-state index in [9.17, 15) is 4.91 Å². The molecule has 2 N–H and O–H groups in total. The highest BCUT2D eigenvalue weighted by molar-refractivity contribution is 14.0. The van der Waals surface area contributed by atoms with Gasteiger partial charge in [-0.2, -0.15) is 9.40 Å². The Labute approximate surface area is 158 Å². The molecule has 7 nitrogen and oxygen atoms in total. The minimum atomic E-state index is -0.498. The number of aromatic nitrogens is 1. The molecular formula is C16H24IN3O4+2. The number of methoxy groups -OCH3 is 1. The predicted molar refractivity (Wildman–Crippen MR) is 101 cm³/mol. The van der Waals surface area contributed by atoms with Gasteiger partial charge in [0.1, 0.15) is 12.0 Å². The first kappa shape index (κ1) is 20.2. The number of nitrogens with one attached hydrogen (secondary N) is 1. The number of nitrogens with zero attached hydrogens (tertiary/aromatic N) is 2. The molecule has 2 rings (SSSR count). The lowest BCUT2D eigenvalue weighted by Gasteiger charge is -2.10. The highest BCUT2D eigenvalue weighted by Gasteiger charge is 2.14. The van der Waals surface area contributed by atoms with Crippen LogP contribution < -0.4 is 14.6 Å². The van der Waals surface area contributed by atoms with Gasteiger partial charge >= 0.3 is 5.09 Å². The standard InChI is InChI=1S/C16H22N3O4.HI/c1-18-11-9-14(13-7-6-8-15(22-2)16(13)18)17-10-4-3-5-12-23-19(20)21;/h6-9,11H,3-5,10,12H2,1-2H3,(H,20,21);1H/q+1;/p+1. The first-order valence-electron chi connectivity index (χ1n) is 7.61. The van der Waals surface area contributed by atoms with Gasteiger partial charge in [-0.1, -0.05) is 6.07 Å². The van der Waals surface area contributed by atoms with Crippen LogP contribution in [0, 0.1) is 4.91 Å². The fourth-order valence-corrected chi connectivity index (χ4v) is 2.54. The summed E-state index contributed by atoms with van der Waals surface area (Å²) < 4.78 is 7.48. The van der Waals surface area contributed by atoms with Gasteiger partial charge < -0.3 is 10.1 Å². The third-order valence-electron chi connectivity index (χ3n) is 3.66. The molecular weight excluding hydrogens is 425 g/mol. The second-order valence-corrected chi connectivity index (χ2v) is 5.26. The molecule has 0 aliphatic rings. The lowest BCUT2D eigenvalue weighted by atomic mass is 10.1. The average Bonchev–Trinajstić information content (AvgIpc) is 2.55. The molecule has 0 unspecified atom stereocenters. The van der Waals surface area contributed by atoms with E-state index in [1.165, 1.54) is 0 Å². The SMILES string of the molecule is COc1cccc2c(NCCCCCO[N+](=O)O)cc[n+](C)c12.I. The van der Waals surface area contributed by atoms with Crippen molar-refractivity contribution in [2.75, 3.05) is 25.6 Å². The fraction of sp³-hybridized carbons (Fsp3) is 0.438. The molecule has 132 valence electrons. The molecule has 2 aromatic rings. The van der Waals surface area contributed by atoms with Crippen molar-refractivity contribution in [3.63, 3.8) is 0 Å². The van der Waals surface area contributed by atoms with Gasteiger partial charge in [-0.25, -0.2) is 5.21 Å². The summed E-state index contributed by atoms with van der Waals surface area (Å²) in [7, 11) is 3.67. The van der Waals surface area contributed by atoms with E-state index in [1.54, 1.807) is 7.11 Å². The number of para-hydroxylation sites is 1. The molecule has 0 atom stereocenters. The summed E-state index contributed by atoms with van der Waals surface area (Å²) in [6.45, 7) is 1.04. The van der Waals surface area contributed by atoms with Crippen molar-refractivity contribution in [3.8, 4) is 5.75 Å². The molecule has 0 aliphatic heterocycles. The zero-order valence-corrected chi connectivity index (χ0v) is 16.2. The van der Waals surface area contributed by atoms with E-state index >= 15 is 0 Å². The Balaban J connectivity index is 0.00000288. The van der Waals surface area contributed by atoms with Crippen LogP contribution in [-0.2, 0) is 11.9 Å². The molecule has 0 saturated carbocycles. The van der Waals surface area contributed by atoms with Gasteiger partial charge in [0.25, 0.3) is 5.52 Å². The number of hydrogen-bond donors (Lipinski definition) is 2. The minimum Gasteiger partial charge on any atom is -0.490 e. The van der Waals surface area contributed by atoms with Crippen LogP contribution in [0.25, 0.3) is 10.9 Å². The van der Waals surface area contributed by atoms with Gasteiger partial charge in [-0.05, 0) is 31.4 Å². The van der Waals surface area contributed by atoms with E-state index in [2.05, 4.69) is 16.2 Å². The van der Waals surface area contributed by atoms with E-state index in [0.29, 0.717) is 0 Å². The summed E-state index contributed by atoms with van der Waals surface area (Å²) in [5, 5.41) is 12.3. The Kier molecular flexibility index (Phi) is 8.51. The molecule has 24 heavy (non-hydrogen) atoms. The van der Waals surface area contributed by atoms with Crippen molar-refractivity contribution in [1.82, 2.24) is 0 Å². The largest absolute Gasteiger partial charge is 0.490 e. The Morgan fingerprint density at radius 1 is 1.25 bits per heavy atom. The topological polar surface area (TPSA) is 74.7 Å². The van der Waals surface area contributed by atoms with Crippen LogP contribution in [0.3, 0.4) is 0 Å². The molecule has 0 spiro atoms. The van der Waals surface area contributed by atoms with E-state index < -0.39 is 5.09 Å². The Bertz CT molecular complexity index is 682. The molecule has 0 aliphatic carbocycles. The molecule has 0 fully saturated rings. The number of hydrogen-bond acceptors (Lipinski definition) is 4. The van der Waals surface area contributed by atoms with Crippen LogP contribution in [0.2, 0.25) is 0 Å². The second kappa shape index (κ2) is 10.1. The van der Waals surface area contributed by atoms with Crippen LogP contribution in [-0.4, -0.2) is 30.6 Å². The summed E-state index contributed by atoms with van der Waals surface area (Å²) in [5.41, 5.74) is 2.11. The maximum atomic E-state index is 10.1. The molecule has 0 radical (unpaired) electrons. The fourth-order valence-electron chi connectivity index (χ4n) is 2.54. The predicted octanol–water partition coefficient (Wildman–Crippen LogP) is 2.97. The first-order chi connectivity index (χ1) is 11.1. The monoisotopic (exact) mass is 449 g/mol. The number of pyridine rings is 1. The number of anilines is 1. The second-order valence-electron chi connectivity index (χ2n) is 5.26. The van der Waals surface area contributed by atoms with Gasteiger partial charge in [0.05, 0.1) is 18.2 Å². The van der Waals surface area contributed by atoms with E-state index in [-0.39, 0.29) is 30.6 Å². The molecule has 8 heteroatoms. The minimum absolute atomic E-state index is 0. The van der Waals surface area contributed by atoms with Crippen LogP contribution >= 0.6 is 24.0 Å². The van der Waals surface area contributed by atoms with Crippen molar-refractivity contribution >= 4 is 40.6 Å². The Morgan fingerprint density at radius 2 is 2.04 bits per heavy atom. The van der Waals surface area contributed by atoms with Crippen molar-refractivity contribution in [2.24, 2.45) is 7.05 Å². The van der Waals surface area contributed by atoms with Gasteiger partial charge in [0, 0.05) is 12.6 Å². The summed E-state index contributed by atoms with van der Waals surface area (Å²) in [4.78, 5) is 14.5. The lowest BCUT2D eigenvalue weighted by molar-refractivity contribution is -0.975. The van der Waals surface area contributed by atoms with Crippen LogP contribution in [0.15, 0.2) is 30.5 Å². The smallest absolute Gasteiger partial charge is 0.475 e. The third kappa shape index (κ3) is 5.36. The van der Waals surface area contributed by atoms with Crippen molar-refractivity contribution < 1.29 is 24.4 Å². The maximum absolute atomic E-state index is 10.1. The number of unbranched alkanes of at least 4 members (excludes halogenated alkanes) is 2. The molecule has 0 bridgehead atoms. The normalized spacial score (nSPS) is 10.1. The molecule has 1 aromatic carbocycles. The summed E-state index contributed by atoms with van der Waals surface area (Å²) >= 11 is 0. The van der Waals surface area contributed by atoms with E-state index in [4.69, 9.17) is 9.94 Å². The molecule has 1 heterocycles. The third-order valence-corrected chi connectivity index (χ3v) is 3.66. The molecule has 1 aromatic heterocycles. The van der Waals surface area contributed by atoms with E-state index in [1.807, 2.05) is 36.0 Å². The molecule has 0 amide bonds. The van der Waals surface area contributed by atoms with Crippen LogP contribution in [0.5, 0.6) is 5.75 Å². The number of benzene rings is 1. The first-order valence-corrected chi connectivity index (χ1v) is 7.61. The van der Waals surface area contributed by atoms with Gasteiger partial charge in [0.2, 0.25) is 0 Å². The average molecular weight is 449 g/mol. The van der Waals surface area contributed by atoms with Crippen molar-refractivity contribution in [2.45, 2.75) is 19.3 Å². The van der Waals surface area contributed by atoms with Crippen LogP contribution in [0.4, 0.5) is 5.69 Å². The zero-order chi connectivity index (χ0) is 16.7. The zero-order valence-electron chi connectivity index (χ0n) is 13.9. The number of fused-ring (bicyclic) bond motifs is 1. The lowest BCUT2D eigenvalue weighted by Crippen LogP contribution is -2.29. The molecule has 0 saturated heterocycles. The summed E-state index contributed by atoms with van der Waals surface area (Å²) in [5.74, 6) is 0.844. The van der Waals surface area contributed by atoms with Crippen molar-refractivity contribution in [1.29, 1.82) is 0 Å². The van der Waals surface area contributed by atoms with Crippen molar-refractivity contribution in [3.05, 3.63) is 35.4 Å². The number of ether oxygens (including phenoxy) is 1. The van der Waals surface area contributed by atoms with Gasteiger partial charge in [-0.3, -0.25) is 0 Å². The summed E-state index contributed by atoms with van der Waals surface area (Å²) in [6, 6.07) is 8.05. The van der Waals surface area contributed by atoms with E-state index in [0.717, 1.165) is 48.1 Å². The Morgan fingerprint density at radius 3 is 2.75 bits per heavy atom. The number of halogens is 1. The highest BCUT2D eigenvalue weighted by atomic mass is 127. The van der Waals surface area contributed by atoms with Crippen LogP contribution in [0.1, 0.15) is 19.3 Å². The number of aryl methyl sites for hydroxylation is 1.